The molecule has 1 aliphatic rings. The minimum absolute atomic E-state index is 0.0203. The molecule has 2 unspecified atom stereocenters. The van der Waals surface area contributed by atoms with Crippen molar-refractivity contribution in [3.63, 3.8) is 0 Å². The fraction of sp³-hybridized carbons (Fsp3) is 0.667. The van der Waals surface area contributed by atoms with E-state index >= 15 is 0 Å². The van der Waals surface area contributed by atoms with Crippen LogP contribution in [0.4, 0.5) is 9.59 Å². The Morgan fingerprint density at radius 1 is 0.919 bits per heavy atom. The van der Waals surface area contributed by atoms with Gasteiger partial charge < -0.3 is 49.5 Å². The number of rotatable bonds is 7. The van der Waals surface area contributed by atoms with Gasteiger partial charge in [-0.25, -0.2) is 9.59 Å². The summed E-state index contributed by atoms with van der Waals surface area (Å²) in [7, 11) is 5.98. The fourth-order valence-corrected chi connectivity index (χ4v) is 3.68. The van der Waals surface area contributed by atoms with E-state index in [2.05, 4.69) is 0 Å². The van der Waals surface area contributed by atoms with E-state index in [9.17, 15) is 35.1 Å². The van der Waals surface area contributed by atoms with E-state index in [0.717, 1.165) is 0 Å². The third-order valence-electron chi connectivity index (χ3n) is 5.83. The topological polar surface area (TPSA) is 173 Å². The molecular formula is C24H39N3O10. The van der Waals surface area contributed by atoms with Gasteiger partial charge in [-0.3, -0.25) is 4.90 Å². The number of carbonyl (C=O) groups excluding carboxylic acids is 2. The molecule has 1 aliphatic heterocycles. The average Bonchev–Trinajstić information content (AvgIpc) is 2.80. The zero-order valence-corrected chi connectivity index (χ0v) is 22.2. The quantitative estimate of drug-likeness (QED) is 0.315. The molecule has 37 heavy (non-hydrogen) atoms. The lowest BCUT2D eigenvalue weighted by Gasteiger charge is -2.49. The molecular weight excluding hydrogens is 490 g/mol. The van der Waals surface area contributed by atoms with Crippen molar-refractivity contribution in [1.82, 2.24) is 14.7 Å². The molecule has 6 atom stereocenters. The minimum Gasteiger partial charge on any atom is -0.410 e. The number of amides is 2. The third-order valence-corrected chi connectivity index (χ3v) is 5.83. The van der Waals surface area contributed by atoms with E-state index in [1.807, 2.05) is 0 Å². The van der Waals surface area contributed by atoms with Gasteiger partial charge in [0.2, 0.25) is 0 Å². The lowest BCUT2D eigenvalue weighted by Crippen LogP contribution is -2.66. The zero-order chi connectivity index (χ0) is 28.2. The summed E-state index contributed by atoms with van der Waals surface area (Å²) < 4.78 is 16.3. The van der Waals surface area contributed by atoms with Crippen molar-refractivity contribution in [2.45, 2.75) is 63.1 Å². The molecule has 2 rings (SSSR count). The van der Waals surface area contributed by atoms with Gasteiger partial charge in [-0.15, -0.1) is 0 Å². The van der Waals surface area contributed by atoms with Crippen LogP contribution >= 0.6 is 0 Å². The molecule has 13 nitrogen and oxygen atoms in total. The second-order valence-electron chi connectivity index (χ2n) is 10.3. The summed E-state index contributed by atoms with van der Waals surface area (Å²) in [6.07, 6.45) is -9.64. The lowest BCUT2D eigenvalue weighted by atomic mass is 9.94. The molecule has 0 spiro atoms. The number of ether oxygens (including phenoxy) is 3. The van der Waals surface area contributed by atoms with Crippen molar-refractivity contribution in [2.75, 3.05) is 41.3 Å². The molecule has 0 radical (unpaired) electrons. The first-order valence-electron chi connectivity index (χ1n) is 11.7. The van der Waals surface area contributed by atoms with Gasteiger partial charge in [0.15, 0.2) is 0 Å². The molecule has 1 fully saturated rings. The van der Waals surface area contributed by atoms with E-state index in [1.54, 1.807) is 25.7 Å². The number of carbonyl (C=O) groups is 2. The maximum Gasteiger partial charge on any atom is 0.414 e. The standard InChI is InChI=1S/C24H39N3O10/c1-24(2,3)27(21-20(32)19(31)18(30)17(12-28)37-21)11-16(29)13-8-14(35-22(33)25(4)5)10-15(9-13)36-23(34)26(6)7/h8-10,16-21,28-32H,11-12H2,1-7H3/t16?,17-,18+,19+,20-,21?/m1/s1. The molecule has 1 saturated heterocycles. The van der Waals surface area contributed by atoms with Gasteiger partial charge in [-0.05, 0) is 38.5 Å². The summed E-state index contributed by atoms with van der Waals surface area (Å²) in [6, 6.07) is 4.15. The predicted molar refractivity (Wildman–Crippen MR) is 131 cm³/mol. The van der Waals surface area contributed by atoms with Crippen LogP contribution in [-0.4, -0.2) is 130 Å². The highest BCUT2D eigenvalue weighted by atomic mass is 16.6. The largest absolute Gasteiger partial charge is 0.414 e. The summed E-state index contributed by atoms with van der Waals surface area (Å²) in [4.78, 5) is 28.2. The summed E-state index contributed by atoms with van der Waals surface area (Å²) in [5.41, 5.74) is -0.506. The van der Waals surface area contributed by atoms with Crippen LogP contribution in [0.25, 0.3) is 0 Å². The van der Waals surface area contributed by atoms with Crippen LogP contribution in [0.3, 0.4) is 0 Å². The molecule has 1 aromatic carbocycles. The van der Waals surface area contributed by atoms with Crippen molar-refractivity contribution >= 4 is 12.2 Å². The Kier molecular flexibility index (Phi) is 10.2. The Morgan fingerprint density at radius 3 is 1.81 bits per heavy atom. The average molecular weight is 530 g/mol. The normalized spacial score (nSPS) is 24.9. The molecule has 0 aliphatic carbocycles. The van der Waals surface area contributed by atoms with Crippen LogP contribution in [-0.2, 0) is 4.74 Å². The SMILES string of the molecule is CN(C)C(=O)Oc1cc(OC(=O)N(C)C)cc(C(O)CN(C2O[C@H](CO)[C@H](O)[C@H](O)[C@H]2O)C(C)(C)C)c1. The highest BCUT2D eigenvalue weighted by Crippen LogP contribution is 2.33. The van der Waals surface area contributed by atoms with Crippen molar-refractivity contribution < 1.29 is 49.3 Å². The Morgan fingerprint density at radius 2 is 1.41 bits per heavy atom. The molecule has 13 heteroatoms. The number of hydrogen-bond acceptors (Lipinski definition) is 11. The zero-order valence-electron chi connectivity index (χ0n) is 22.2. The summed E-state index contributed by atoms with van der Waals surface area (Å²) >= 11 is 0. The molecule has 1 aromatic rings. The molecule has 5 N–H and O–H groups in total. The first-order chi connectivity index (χ1) is 17.1. The van der Waals surface area contributed by atoms with Gasteiger partial charge in [0.25, 0.3) is 0 Å². The van der Waals surface area contributed by atoms with E-state index in [0.29, 0.717) is 0 Å². The Labute approximate surface area is 216 Å². The predicted octanol–water partition coefficient (Wildman–Crippen LogP) is -0.259. The number of hydrogen-bond donors (Lipinski definition) is 5. The van der Waals surface area contributed by atoms with Gasteiger partial charge in [-0.1, -0.05) is 0 Å². The van der Waals surface area contributed by atoms with Gasteiger partial charge in [0, 0.05) is 46.3 Å². The van der Waals surface area contributed by atoms with Crippen LogP contribution in [0.5, 0.6) is 11.5 Å². The highest BCUT2D eigenvalue weighted by Gasteiger charge is 2.48. The molecule has 2 amide bonds. The van der Waals surface area contributed by atoms with Crippen molar-refractivity contribution in [1.29, 1.82) is 0 Å². The monoisotopic (exact) mass is 529 g/mol. The Hall–Kier alpha value is -2.52. The second kappa shape index (κ2) is 12.3. The van der Waals surface area contributed by atoms with Gasteiger partial charge in [-0.2, -0.15) is 0 Å². The molecule has 210 valence electrons. The van der Waals surface area contributed by atoms with Crippen LogP contribution in [0.1, 0.15) is 32.4 Å². The van der Waals surface area contributed by atoms with Gasteiger partial charge >= 0.3 is 12.2 Å². The maximum atomic E-state index is 12.1. The van der Waals surface area contributed by atoms with Crippen LogP contribution in [0.2, 0.25) is 0 Å². The van der Waals surface area contributed by atoms with E-state index in [1.165, 1.54) is 56.2 Å². The van der Waals surface area contributed by atoms with E-state index in [-0.39, 0.29) is 23.6 Å². The van der Waals surface area contributed by atoms with E-state index in [4.69, 9.17) is 14.2 Å². The molecule has 0 saturated carbocycles. The molecule has 1 heterocycles. The first-order valence-corrected chi connectivity index (χ1v) is 11.7. The third kappa shape index (κ3) is 7.74. The number of aliphatic hydroxyl groups is 5. The first kappa shape index (κ1) is 30.7. The smallest absolute Gasteiger partial charge is 0.410 e. The van der Waals surface area contributed by atoms with Crippen LogP contribution < -0.4 is 9.47 Å². The Balaban J connectivity index is 2.42. The second-order valence-corrected chi connectivity index (χ2v) is 10.3. The van der Waals surface area contributed by atoms with Crippen molar-refractivity contribution in [3.8, 4) is 11.5 Å². The highest BCUT2D eigenvalue weighted by molar-refractivity contribution is 5.72. The summed E-state index contributed by atoms with van der Waals surface area (Å²) in [5, 5.41) is 51.9. The summed E-state index contributed by atoms with van der Waals surface area (Å²) in [5.74, 6) is 0.0407. The number of aliphatic hydroxyl groups excluding tert-OH is 5. The van der Waals surface area contributed by atoms with Gasteiger partial charge in [0.05, 0.1) is 12.7 Å². The van der Waals surface area contributed by atoms with E-state index < -0.39 is 61.1 Å². The minimum atomic E-state index is -1.59. The van der Waals surface area contributed by atoms with Crippen molar-refractivity contribution in [2.24, 2.45) is 0 Å². The Bertz CT molecular complexity index is 894. The fourth-order valence-electron chi connectivity index (χ4n) is 3.68. The van der Waals surface area contributed by atoms with Crippen LogP contribution in [0.15, 0.2) is 18.2 Å². The number of nitrogens with zero attached hydrogens (tertiary/aromatic N) is 3. The molecule has 0 aromatic heterocycles. The molecule has 0 bridgehead atoms. The number of β-amino-alcohol motifs (C(OH)–C–C–N with tert-alkyl or cyclic N) is 1. The van der Waals surface area contributed by atoms with Crippen LogP contribution in [0, 0.1) is 0 Å². The van der Waals surface area contributed by atoms with Crippen molar-refractivity contribution in [3.05, 3.63) is 23.8 Å². The van der Waals surface area contributed by atoms with Gasteiger partial charge in [0.1, 0.15) is 42.1 Å². The maximum absolute atomic E-state index is 12.1. The summed E-state index contributed by atoms with van der Waals surface area (Å²) in [6.45, 7) is 4.63. The lowest BCUT2D eigenvalue weighted by molar-refractivity contribution is -0.277. The number of benzene rings is 1.